The first-order valence-corrected chi connectivity index (χ1v) is 10.4. The monoisotopic (exact) mass is 605 g/mol. The normalized spacial score (nSPS) is 14.6. The molecular weight excluding hydrogens is 587 g/mol. The molecule has 0 spiro atoms. The summed E-state index contributed by atoms with van der Waals surface area (Å²) in [5.41, 5.74) is 4.44. The largest absolute Gasteiger partial charge is 0.490 e. The van der Waals surface area contributed by atoms with Gasteiger partial charge in [0.25, 0.3) is 5.91 Å². The Hall–Kier alpha value is -2.59. The number of nitrogens with two attached hydrogens (primary N) is 1. The van der Waals surface area contributed by atoms with E-state index in [0.29, 0.717) is 3.57 Å². The number of alkyl halides is 3. The topological polar surface area (TPSA) is 105 Å². The summed E-state index contributed by atoms with van der Waals surface area (Å²) in [6, 6.07) is 6.27. The Kier molecular flexibility index (Phi) is 8.76. The second-order valence-corrected chi connectivity index (χ2v) is 8.33. The van der Waals surface area contributed by atoms with Crippen molar-refractivity contribution >= 4 is 45.8 Å². The zero-order valence-electron chi connectivity index (χ0n) is 17.4. The minimum Gasteiger partial charge on any atom is -0.475 e. The van der Waals surface area contributed by atoms with Crippen molar-refractivity contribution in [3.63, 3.8) is 0 Å². The molecule has 34 heavy (non-hydrogen) atoms. The number of benzene rings is 2. The number of ether oxygens (including phenoxy) is 1. The molecule has 0 aliphatic carbocycles. The van der Waals surface area contributed by atoms with Gasteiger partial charge in [-0.05, 0) is 52.9 Å². The first kappa shape index (κ1) is 27.7. The molecular formula is C20H18F6IN3O4. The van der Waals surface area contributed by atoms with Crippen LogP contribution in [0.1, 0.15) is 10.4 Å². The second kappa shape index (κ2) is 10.8. The SMILES string of the molecule is COC1(CN)CN(C(=O)c2ccc(F)c(F)c2Nc2ccc(I)cc2F)C1.O=C(O)C(F)(F)F. The molecule has 0 bridgehead atoms. The van der Waals surface area contributed by atoms with Gasteiger partial charge in [-0.3, -0.25) is 4.79 Å². The van der Waals surface area contributed by atoms with Crippen LogP contribution in [0.5, 0.6) is 0 Å². The van der Waals surface area contributed by atoms with E-state index < -0.39 is 46.8 Å². The Morgan fingerprint density at radius 1 is 1.18 bits per heavy atom. The molecule has 186 valence electrons. The highest BCUT2D eigenvalue weighted by Crippen LogP contribution is 2.32. The molecule has 0 saturated carbocycles. The summed E-state index contributed by atoms with van der Waals surface area (Å²) >= 11 is 1.93. The average molecular weight is 605 g/mol. The molecule has 1 fully saturated rings. The van der Waals surface area contributed by atoms with Gasteiger partial charge in [0, 0.05) is 17.2 Å². The number of carboxylic acids is 1. The lowest BCUT2D eigenvalue weighted by molar-refractivity contribution is -0.192. The van der Waals surface area contributed by atoms with Crippen LogP contribution in [0.15, 0.2) is 30.3 Å². The van der Waals surface area contributed by atoms with Crippen LogP contribution in [0.3, 0.4) is 0 Å². The molecule has 0 radical (unpaired) electrons. The van der Waals surface area contributed by atoms with Crippen LogP contribution in [0.4, 0.5) is 37.7 Å². The number of hydrogen-bond acceptors (Lipinski definition) is 5. The van der Waals surface area contributed by atoms with Crippen molar-refractivity contribution in [3.05, 3.63) is 56.9 Å². The molecule has 1 aliphatic heterocycles. The number of rotatable bonds is 5. The van der Waals surface area contributed by atoms with Gasteiger partial charge in [-0.2, -0.15) is 13.2 Å². The molecule has 3 rings (SSSR count). The number of aliphatic carboxylic acids is 1. The Balaban J connectivity index is 0.000000509. The van der Waals surface area contributed by atoms with Crippen LogP contribution in [0.25, 0.3) is 0 Å². The lowest BCUT2D eigenvalue weighted by atomic mass is 9.92. The van der Waals surface area contributed by atoms with Crippen LogP contribution in [-0.2, 0) is 9.53 Å². The van der Waals surface area contributed by atoms with E-state index in [9.17, 15) is 31.1 Å². The number of nitrogens with zero attached hydrogens (tertiary/aromatic N) is 1. The summed E-state index contributed by atoms with van der Waals surface area (Å²) in [5, 5.41) is 9.64. The number of halogens is 7. The molecule has 2 aromatic rings. The van der Waals surface area contributed by atoms with Crippen molar-refractivity contribution < 1.29 is 45.8 Å². The van der Waals surface area contributed by atoms with Gasteiger partial charge in [-0.15, -0.1) is 0 Å². The van der Waals surface area contributed by atoms with E-state index in [1.165, 1.54) is 30.2 Å². The van der Waals surface area contributed by atoms with Crippen molar-refractivity contribution in [1.29, 1.82) is 0 Å². The number of nitrogens with one attached hydrogen (secondary N) is 1. The Labute approximate surface area is 203 Å². The van der Waals surface area contributed by atoms with E-state index >= 15 is 0 Å². The third-order valence-electron chi connectivity index (χ3n) is 4.81. The number of hydrogen-bond donors (Lipinski definition) is 3. The predicted octanol–water partition coefficient (Wildman–Crippen LogP) is 3.89. The summed E-state index contributed by atoms with van der Waals surface area (Å²) in [6.07, 6.45) is -5.08. The molecule has 4 N–H and O–H groups in total. The van der Waals surface area contributed by atoms with Crippen molar-refractivity contribution in [1.82, 2.24) is 4.90 Å². The van der Waals surface area contributed by atoms with E-state index in [-0.39, 0.29) is 30.9 Å². The van der Waals surface area contributed by atoms with Crippen molar-refractivity contribution in [2.45, 2.75) is 11.8 Å². The smallest absolute Gasteiger partial charge is 0.475 e. The van der Waals surface area contributed by atoms with Crippen molar-refractivity contribution in [2.24, 2.45) is 5.73 Å². The number of methoxy groups -OCH3 is 1. The number of likely N-dealkylation sites (tertiary alicyclic amines) is 1. The molecule has 14 heteroatoms. The fourth-order valence-electron chi connectivity index (χ4n) is 2.88. The van der Waals surface area contributed by atoms with Crippen LogP contribution in [0.2, 0.25) is 0 Å². The zero-order valence-corrected chi connectivity index (χ0v) is 19.5. The van der Waals surface area contributed by atoms with Crippen molar-refractivity contribution in [2.75, 3.05) is 32.1 Å². The number of carbonyl (C=O) groups excluding carboxylic acids is 1. The van der Waals surface area contributed by atoms with E-state index in [0.717, 1.165) is 6.07 Å². The fraction of sp³-hybridized carbons (Fsp3) is 0.300. The molecule has 7 nitrogen and oxygen atoms in total. The molecule has 0 unspecified atom stereocenters. The number of carboxylic acid groups (broad SMARTS) is 1. The molecule has 0 atom stereocenters. The van der Waals surface area contributed by atoms with Crippen LogP contribution >= 0.6 is 22.6 Å². The lowest BCUT2D eigenvalue weighted by Gasteiger charge is -2.48. The molecule has 1 aliphatic rings. The minimum absolute atomic E-state index is 0.0641. The Morgan fingerprint density at radius 2 is 1.76 bits per heavy atom. The quantitative estimate of drug-likeness (QED) is 0.353. The van der Waals surface area contributed by atoms with Gasteiger partial charge in [0.15, 0.2) is 11.6 Å². The van der Waals surface area contributed by atoms with Gasteiger partial charge in [-0.1, -0.05) is 0 Å². The van der Waals surface area contributed by atoms with Crippen LogP contribution in [-0.4, -0.2) is 60.4 Å². The summed E-state index contributed by atoms with van der Waals surface area (Å²) in [7, 11) is 1.50. The Morgan fingerprint density at radius 3 is 2.24 bits per heavy atom. The van der Waals surface area contributed by atoms with Gasteiger partial charge < -0.3 is 25.8 Å². The zero-order chi connectivity index (χ0) is 25.8. The highest BCUT2D eigenvalue weighted by Gasteiger charge is 2.45. The number of amides is 1. The molecule has 1 heterocycles. The molecule has 1 amide bonds. The molecule has 2 aromatic carbocycles. The standard InChI is InChI=1S/C18H17F3IN3O2.C2HF3O2/c1-27-18(7-23)8-25(9-18)17(26)11-3-4-12(19)15(21)16(11)24-14-5-2-10(22)6-13(14)20;3-2(4,5)1(6)7/h2-6,24H,7-9,23H2,1H3;(H,6,7). The fourth-order valence-corrected chi connectivity index (χ4v) is 3.33. The third kappa shape index (κ3) is 6.29. The Bertz CT molecular complexity index is 1070. The number of carbonyl (C=O) groups is 2. The predicted molar refractivity (Wildman–Crippen MR) is 117 cm³/mol. The highest BCUT2D eigenvalue weighted by molar-refractivity contribution is 14.1. The first-order valence-electron chi connectivity index (χ1n) is 9.29. The maximum atomic E-state index is 14.4. The first-order chi connectivity index (χ1) is 15.7. The highest BCUT2D eigenvalue weighted by atomic mass is 127. The van der Waals surface area contributed by atoms with Gasteiger partial charge in [0.05, 0.1) is 30.0 Å². The second-order valence-electron chi connectivity index (χ2n) is 7.09. The minimum atomic E-state index is -5.08. The van der Waals surface area contributed by atoms with E-state index in [1.54, 1.807) is 6.07 Å². The van der Waals surface area contributed by atoms with E-state index in [2.05, 4.69) is 5.32 Å². The molecule has 1 saturated heterocycles. The van der Waals surface area contributed by atoms with Gasteiger partial charge in [0.2, 0.25) is 0 Å². The summed E-state index contributed by atoms with van der Waals surface area (Å²) in [6.45, 7) is 0.689. The van der Waals surface area contributed by atoms with Crippen LogP contribution in [0, 0.1) is 21.0 Å². The maximum absolute atomic E-state index is 14.4. The third-order valence-corrected chi connectivity index (χ3v) is 5.48. The maximum Gasteiger partial charge on any atom is 0.490 e. The summed E-state index contributed by atoms with van der Waals surface area (Å²) in [5.74, 6) is -6.32. The average Bonchev–Trinajstić information content (AvgIpc) is 2.73. The van der Waals surface area contributed by atoms with Crippen molar-refractivity contribution in [3.8, 4) is 0 Å². The summed E-state index contributed by atoms with van der Waals surface area (Å²) in [4.78, 5) is 23.1. The van der Waals surface area contributed by atoms with E-state index in [4.69, 9.17) is 20.4 Å². The van der Waals surface area contributed by atoms with Gasteiger partial charge in [-0.25, -0.2) is 18.0 Å². The summed E-state index contributed by atoms with van der Waals surface area (Å²) < 4.78 is 80.0. The van der Waals surface area contributed by atoms with Gasteiger partial charge >= 0.3 is 12.1 Å². The van der Waals surface area contributed by atoms with Crippen LogP contribution < -0.4 is 11.1 Å². The molecule has 0 aromatic heterocycles. The number of anilines is 2. The van der Waals surface area contributed by atoms with E-state index in [1.807, 2.05) is 22.6 Å². The lowest BCUT2D eigenvalue weighted by Crippen LogP contribution is -2.67. The van der Waals surface area contributed by atoms with Gasteiger partial charge in [0.1, 0.15) is 11.4 Å².